The molecule has 7 nitrogen and oxygen atoms in total. The van der Waals surface area contributed by atoms with E-state index in [9.17, 15) is 9.18 Å². The molecule has 2 aromatic carbocycles. The van der Waals surface area contributed by atoms with E-state index in [4.69, 9.17) is 22.1 Å². The molecule has 1 unspecified atom stereocenters. The number of imidazole rings is 1. The van der Waals surface area contributed by atoms with Gasteiger partial charge in [-0.2, -0.15) is 0 Å². The van der Waals surface area contributed by atoms with E-state index in [0.717, 1.165) is 5.56 Å². The van der Waals surface area contributed by atoms with Gasteiger partial charge >= 0.3 is 0 Å². The molecule has 29 heavy (non-hydrogen) atoms. The van der Waals surface area contributed by atoms with Crippen LogP contribution >= 0.6 is 11.6 Å². The number of fused-ring (bicyclic) bond motifs is 4. The number of nitrogen functional groups attached to an aromatic ring is 1. The quantitative estimate of drug-likeness (QED) is 0.546. The van der Waals surface area contributed by atoms with Crippen LogP contribution in [0.4, 0.5) is 10.2 Å². The molecule has 3 heterocycles. The van der Waals surface area contributed by atoms with Crippen LogP contribution in [-0.2, 0) is 0 Å². The zero-order chi connectivity index (χ0) is 20.3. The van der Waals surface area contributed by atoms with Crippen molar-refractivity contribution in [2.45, 2.75) is 6.04 Å². The first-order valence-corrected chi connectivity index (χ1v) is 9.22. The molecule has 2 aromatic heterocycles. The van der Waals surface area contributed by atoms with Crippen molar-refractivity contribution in [2.75, 3.05) is 19.4 Å². The lowest BCUT2D eigenvalue weighted by atomic mass is 10.1. The number of carbonyl (C=O) groups is 1. The number of likely N-dealkylation sites (N-methyl/N-ethyl adjacent to an activating group) is 1. The van der Waals surface area contributed by atoms with E-state index in [1.165, 1.54) is 17.0 Å². The van der Waals surface area contributed by atoms with Gasteiger partial charge in [0, 0.05) is 23.7 Å². The molecule has 1 aliphatic heterocycles. The fourth-order valence-corrected chi connectivity index (χ4v) is 3.84. The third-order valence-corrected chi connectivity index (χ3v) is 5.45. The number of ether oxygens (including phenoxy) is 1. The number of carbonyl (C=O) groups excluding carboxylic acids is 1. The number of rotatable bonds is 2. The lowest BCUT2D eigenvalue weighted by molar-refractivity contribution is 0.0704. The van der Waals surface area contributed by atoms with Gasteiger partial charge in [-0.15, -0.1) is 0 Å². The largest absolute Gasteiger partial charge is 0.491 e. The summed E-state index contributed by atoms with van der Waals surface area (Å²) in [5.41, 5.74) is 8.15. The lowest BCUT2D eigenvalue weighted by Crippen LogP contribution is -2.32. The Bertz CT molecular complexity index is 1310. The number of benzene rings is 2. The second-order valence-electron chi connectivity index (χ2n) is 6.89. The highest BCUT2D eigenvalue weighted by Gasteiger charge is 2.32. The SMILES string of the molecule is CN(C(=O)c1cc2c(cc1F)nc(N)c1cncn12)C1COc2cc(Cl)ccc21. The molecular weight excluding hydrogens is 397 g/mol. The van der Waals surface area contributed by atoms with Crippen LogP contribution < -0.4 is 10.5 Å². The zero-order valence-corrected chi connectivity index (χ0v) is 16.0. The number of nitrogens with two attached hydrogens (primary N) is 1. The van der Waals surface area contributed by atoms with E-state index in [1.807, 2.05) is 6.07 Å². The van der Waals surface area contributed by atoms with Crippen molar-refractivity contribution in [3.63, 3.8) is 0 Å². The number of anilines is 1. The van der Waals surface area contributed by atoms with Gasteiger partial charge in [0.2, 0.25) is 0 Å². The first-order valence-electron chi connectivity index (χ1n) is 8.84. The summed E-state index contributed by atoms with van der Waals surface area (Å²) in [7, 11) is 1.62. The van der Waals surface area contributed by atoms with Crippen LogP contribution in [0.5, 0.6) is 5.75 Å². The molecule has 0 bridgehead atoms. The summed E-state index contributed by atoms with van der Waals surface area (Å²) >= 11 is 6.00. The second kappa shape index (κ2) is 6.31. The van der Waals surface area contributed by atoms with E-state index >= 15 is 0 Å². The van der Waals surface area contributed by atoms with E-state index in [1.54, 1.807) is 36.1 Å². The van der Waals surface area contributed by atoms with Gasteiger partial charge in [0.25, 0.3) is 5.91 Å². The highest BCUT2D eigenvalue weighted by atomic mass is 35.5. The Kier molecular flexibility index (Phi) is 3.85. The number of halogens is 2. The molecule has 0 aliphatic carbocycles. The zero-order valence-electron chi connectivity index (χ0n) is 15.3. The summed E-state index contributed by atoms with van der Waals surface area (Å²) in [6.45, 7) is 0.275. The summed E-state index contributed by atoms with van der Waals surface area (Å²) in [6.07, 6.45) is 3.12. The minimum atomic E-state index is -0.670. The molecule has 9 heteroatoms. The fourth-order valence-electron chi connectivity index (χ4n) is 3.68. The van der Waals surface area contributed by atoms with Crippen molar-refractivity contribution in [1.29, 1.82) is 0 Å². The molecule has 2 N–H and O–H groups in total. The number of nitrogens with zero attached hydrogens (tertiary/aromatic N) is 4. The van der Waals surface area contributed by atoms with E-state index < -0.39 is 11.7 Å². The molecule has 1 amide bonds. The number of aromatic nitrogens is 3. The Hall–Kier alpha value is -3.39. The maximum absolute atomic E-state index is 14.8. The molecule has 5 rings (SSSR count). The molecule has 0 fully saturated rings. The summed E-state index contributed by atoms with van der Waals surface area (Å²) in [4.78, 5) is 22.9. The Morgan fingerprint density at radius 3 is 3.00 bits per heavy atom. The Morgan fingerprint density at radius 2 is 2.17 bits per heavy atom. The Labute approximate surface area is 169 Å². The summed E-state index contributed by atoms with van der Waals surface area (Å²) in [6, 6.07) is 7.61. The average Bonchev–Trinajstić information content (AvgIpc) is 3.34. The van der Waals surface area contributed by atoms with Crippen LogP contribution in [0, 0.1) is 5.82 Å². The van der Waals surface area contributed by atoms with Crippen LogP contribution in [0.2, 0.25) is 5.02 Å². The first kappa shape index (κ1) is 17.7. The third-order valence-electron chi connectivity index (χ3n) is 5.22. The highest BCUT2D eigenvalue weighted by Crippen LogP contribution is 2.38. The minimum Gasteiger partial charge on any atom is -0.491 e. The van der Waals surface area contributed by atoms with E-state index in [-0.39, 0.29) is 24.0 Å². The van der Waals surface area contributed by atoms with Crippen molar-refractivity contribution < 1.29 is 13.9 Å². The number of amides is 1. The van der Waals surface area contributed by atoms with E-state index in [0.29, 0.717) is 27.3 Å². The summed E-state index contributed by atoms with van der Waals surface area (Å²) < 4.78 is 22.2. The molecule has 1 aliphatic rings. The molecule has 0 radical (unpaired) electrons. The monoisotopic (exact) mass is 411 g/mol. The van der Waals surface area contributed by atoms with Crippen molar-refractivity contribution in [3.8, 4) is 5.75 Å². The van der Waals surface area contributed by atoms with Crippen LogP contribution in [0.3, 0.4) is 0 Å². The van der Waals surface area contributed by atoms with Crippen molar-refractivity contribution in [1.82, 2.24) is 19.3 Å². The Balaban J connectivity index is 1.58. The van der Waals surface area contributed by atoms with Crippen molar-refractivity contribution >= 4 is 39.9 Å². The van der Waals surface area contributed by atoms with Gasteiger partial charge in [0.15, 0.2) is 0 Å². The average molecular weight is 412 g/mol. The number of hydrogen-bond acceptors (Lipinski definition) is 5. The molecule has 0 saturated heterocycles. The van der Waals surface area contributed by atoms with Crippen LogP contribution in [0.25, 0.3) is 16.6 Å². The van der Waals surface area contributed by atoms with Gasteiger partial charge in [0.05, 0.1) is 35.2 Å². The van der Waals surface area contributed by atoms with Gasteiger partial charge in [-0.25, -0.2) is 14.4 Å². The van der Waals surface area contributed by atoms with Crippen LogP contribution in [-0.4, -0.2) is 38.8 Å². The number of hydrogen-bond donors (Lipinski definition) is 1. The predicted molar refractivity (Wildman–Crippen MR) is 107 cm³/mol. The molecule has 4 aromatic rings. The fraction of sp³-hybridized carbons (Fsp3) is 0.150. The maximum atomic E-state index is 14.8. The van der Waals surface area contributed by atoms with Crippen LogP contribution in [0.15, 0.2) is 42.9 Å². The van der Waals surface area contributed by atoms with E-state index in [2.05, 4.69) is 9.97 Å². The third kappa shape index (κ3) is 2.67. The highest BCUT2D eigenvalue weighted by molar-refractivity contribution is 6.30. The van der Waals surface area contributed by atoms with Gasteiger partial charge in [-0.05, 0) is 18.2 Å². The molecule has 0 spiro atoms. The molecule has 0 saturated carbocycles. The maximum Gasteiger partial charge on any atom is 0.257 e. The van der Waals surface area contributed by atoms with Gasteiger partial charge in [-0.3, -0.25) is 9.20 Å². The van der Waals surface area contributed by atoms with Crippen molar-refractivity contribution in [2.24, 2.45) is 0 Å². The summed E-state index contributed by atoms with van der Waals surface area (Å²) in [5.74, 6) is -0.272. The first-order chi connectivity index (χ1) is 13.9. The standard InChI is InChI=1S/C20H15ClFN5O2/c1-26(17-8-29-18-4-10(21)2-3-11(17)18)20(28)12-5-15-14(6-13(12)22)25-19(23)16-7-24-9-27(15)16/h2-7,9,17H,8H2,1H3,(H2,23,25). The molecule has 146 valence electrons. The minimum absolute atomic E-state index is 0.0658. The van der Waals surface area contributed by atoms with Crippen LogP contribution in [0.1, 0.15) is 22.0 Å². The Morgan fingerprint density at radius 1 is 1.34 bits per heavy atom. The lowest BCUT2D eigenvalue weighted by Gasteiger charge is -2.24. The molecular formula is C20H15ClFN5O2. The molecule has 1 atom stereocenters. The predicted octanol–water partition coefficient (Wildman–Crippen LogP) is 3.46. The normalized spacial score (nSPS) is 15.5. The second-order valence-corrected chi connectivity index (χ2v) is 7.33. The summed E-state index contributed by atoms with van der Waals surface area (Å²) in [5, 5.41) is 0.551. The smallest absolute Gasteiger partial charge is 0.257 e. The van der Waals surface area contributed by atoms with Gasteiger partial charge in [-0.1, -0.05) is 17.7 Å². The van der Waals surface area contributed by atoms with Gasteiger partial charge < -0.3 is 15.4 Å². The van der Waals surface area contributed by atoms with Gasteiger partial charge in [0.1, 0.15) is 29.5 Å². The topological polar surface area (TPSA) is 85.8 Å². The van der Waals surface area contributed by atoms with Crippen molar-refractivity contribution in [3.05, 3.63) is 64.8 Å².